The molecule has 1 atom stereocenters. The summed E-state index contributed by atoms with van der Waals surface area (Å²) < 4.78 is 2.17. The Kier molecular flexibility index (Phi) is 4.07. The molecular formula is C21H16N4OS. The molecule has 0 saturated heterocycles. The lowest BCUT2D eigenvalue weighted by molar-refractivity contribution is -0.127. The Bertz CT molecular complexity index is 1240. The van der Waals surface area contributed by atoms with Gasteiger partial charge in [0.1, 0.15) is 0 Å². The summed E-state index contributed by atoms with van der Waals surface area (Å²) in [6.45, 7) is 1.81. The first-order valence-electron chi connectivity index (χ1n) is 8.44. The van der Waals surface area contributed by atoms with Gasteiger partial charge < -0.3 is 5.73 Å². The fourth-order valence-electron chi connectivity index (χ4n) is 3.34. The van der Waals surface area contributed by atoms with Crippen LogP contribution in [0.1, 0.15) is 36.1 Å². The maximum atomic E-state index is 12.2. The number of carbonyl (C=O) groups excluding carboxylic acids is 1. The van der Waals surface area contributed by atoms with Gasteiger partial charge in [0.2, 0.25) is 5.91 Å². The predicted molar refractivity (Wildman–Crippen MR) is 108 cm³/mol. The van der Waals surface area contributed by atoms with Crippen LogP contribution < -0.4 is 5.73 Å². The van der Waals surface area contributed by atoms with E-state index in [1.807, 2.05) is 25.1 Å². The first kappa shape index (κ1) is 17.1. The second-order valence-corrected chi connectivity index (χ2v) is 7.48. The van der Waals surface area contributed by atoms with Crippen molar-refractivity contribution in [2.24, 2.45) is 10.7 Å². The van der Waals surface area contributed by atoms with Gasteiger partial charge in [0, 0.05) is 32.8 Å². The van der Waals surface area contributed by atoms with Gasteiger partial charge in [-0.25, -0.2) is 4.99 Å². The van der Waals surface area contributed by atoms with Gasteiger partial charge in [-0.15, -0.1) is 17.3 Å². The van der Waals surface area contributed by atoms with Crippen molar-refractivity contribution in [1.82, 2.24) is 4.90 Å². The van der Waals surface area contributed by atoms with Crippen LogP contribution in [0.2, 0.25) is 0 Å². The second-order valence-electron chi connectivity index (χ2n) is 6.40. The summed E-state index contributed by atoms with van der Waals surface area (Å²) in [5, 5.41) is 11.8. The highest BCUT2D eigenvalue weighted by Gasteiger charge is 2.28. The van der Waals surface area contributed by atoms with Gasteiger partial charge in [-0.2, -0.15) is 5.26 Å². The molecule has 5 nitrogen and oxygen atoms in total. The van der Waals surface area contributed by atoms with E-state index in [2.05, 4.69) is 35.0 Å². The smallest absolute Gasteiger partial charge is 0.231 e. The average Bonchev–Trinajstić information content (AvgIpc) is 3.01. The summed E-state index contributed by atoms with van der Waals surface area (Å²) >= 11 is 1.64. The Balaban J connectivity index is 1.96. The van der Waals surface area contributed by atoms with Crippen molar-refractivity contribution < 1.29 is 4.79 Å². The summed E-state index contributed by atoms with van der Waals surface area (Å²) in [7, 11) is 1.61. The van der Waals surface area contributed by atoms with E-state index in [-0.39, 0.29) is 18.3 Å². The van der Waals surface area contributed by atoms with E-state index < -0.39 is 6.04 Å². The van der Waals surface area contributed by atoms with Crippen molar-refractivity contribution in [3.63, 3.8) is 0 Å². The molecule has 0 fully saturated rings. The largest absolute Gasteiger partial charge is 0.369 e. The van der Waals surface area contributed by atoms with Crippen LogP contribution in [0.15, 0.2) is 35.3 Å². The van der Waals surface area contributed by atoms with Crippen LogP contribution in [-0.4, -0.2) is 23.8 Å². The number of benzene rings is 2. The number of guanidine groups is 1. The Labute approximate surface area is 160 Å². The van der Waals surface area contributed by atoms with Crippen molar-refractivity contribution in [3.8, 4) is 17.9 Å². The maximum absolute atomic E-state index is 12.2. The van der Waals surface area contributed by atoms with Crippen LogP contribution in [0, 0.1) is 23.2 Å². The highest BCUT2D eigenvalue weighted by Crippen LogP contribution is 2.39. The maximum Gasteiger partial charge on any atom is 0.231 e. The lowest BCUT2D eigenvalue weighted by atomic mass is 9.95. The van der Waals surface area contributed by atoms with E-state index in [1.54, 1.807) is 18.4 Å². The molecule has 0 bridgehead atoms. The SMILES string of the molecule is CC#Cc1ccc2sc3cc(C#N)c(C4CC(=O)N(C)C(N)=N4)cc3c2c1. The molecular weight excluding hydrogens is 356 g/mol. The standard InChI is InChI=1S/C21H16N4OS/c1-3-4-12-5-6-18-15(7-12)16-9-14(13(11-22)8-19(16)27-18)17-10-20(26)25(2)21(23)24-17/h5-9,17H,10H2,1-2H3,(H2,23,24). The van der Waals surface area contributed by atoms with Gasteiger partial charge >= 0.3 is 0 Å². The molecule has 1 aromatic heterocycles. The molecule has 4 rings (SSSR count). The lowest BCUT2D eigenvalue weighted by Crippen LogP contribution is -2.42. The minimum atomic E-state index is -0.443. The molecule has 1 aliphatic heterocycles. The molecule has 132 valence electrons. The highest BCUT2D eigenvalue weighted by atomic mass is 32.1. The Morgan fingerprint density at radius 2 is 2.04 bits per heavy atom. The van der Waals surface area contributed by atoms with Crippen LogP contribution in [0.4, 0.5) is 0 Å². The van der Waals surface area contributed by atoms with Crippen molar-refractivity contribution in [1.29, 1.82) is 5.26 Å². The third-order valence-corrected chi connectivity index (χ3v) is 5.90. The van der Waals surface area contributed by atoms with Gasteiger partial charge in [0.25, 0.3) is 0 Å². The molecule has 1 unspecified atom stereocenters. The Morgan fingerprint density at radius 3 is 2.74 bits per heavy atom. The third kappa shape index (κ3) is 2.81. The van der Waals surface area contributed by atoms with Crippen molar-refractivity contribution in [2.45, 2.75) is 19.4 Å². The number of fused-ring (bicyclic) bond motifs is 3. The predicted octanol–water partition coefficient (Wildman–Crippen LogP) is 3.52. The molecule has 2 N–H and O–H groups in total. The molecule has 0 radical (unpaired) electrons. The van der Waals surface area contributed by atoms with E-state index in [0.717, 1.165) is 31.3 Å². The monoisotopic (exact) mass is 372 g/mol. The summed E-state index contributed by atoms with van der Waals surface area (Å²) in [5.74, 6) is 6.08. The van der Waals surface area contributed by atoms with Crippen molar-refractivity contribution >= 4 is 43.4 Å². The molecule has 2 heterocycles. The quantitative estimate of drug-likeness (QED) is 0.664. The normalized spacial score (nSPS) is 16.8. The number of rotatable bonds is 1. The minimum absolute atomic E-state index is 0.104. The number of nitrogens with zero attached hydrogens (tertiary/aromatic N) is 3. The van der Waals surface area contributed by atoms with E-state index in [9.17, 15) is 10.1 Å². The number of thiophene rings is 1. The van der Waals surface area contributed by atoms with Gasteiger partial charge in [-0.3, -0.25) is 9.69 Å². The van der Waals surface area contributed by atoms with Gasteiger partial charge in [0.15, 0.2) is 5.96 Å². The number of hydrogen-bond acceptors (Lipinski definition) is 5. The summed E-state index contributed by atoms with van der Waals surface area (Å²) in [6.07, 6.45) is 0.200. The molecule has 6 heteroatoms. The summed E-state index contributed by atoms with van der Waals surface area (Å²) in [6, 6.07) is 11.8. The van der Waals surface area contributed by atoms with Crippen LogP contribution in [-0.2, 0) is 4.79 Å². The van der Waals surface area contributed by atoms with Crippen LogP contribution in [0.3, 0.4) is 0 Å². The Morgan fingerprint density at radius 1 is 1.26 bits per heavy atom. The summed E-state index contributed by atoms with van der Waals surface area (Å²) in [4.78, 5) is 18.0. The average molecular weight is 372 g/mol. The molecule has 0 spiro atoms. The van der Waals surface area contributed by atoms with Crippen LogP contribution in [0.5, 0.6) is 0 Å². The molecule has 2 aromatic carbocycles. The second kappa shape index (κ2) is 6.42. The zero-order valence-corrected chi connectivity index (χ0v) is 15.7. The molecule has 1 aliphatic rings. The lowest BCUT2D eigenvalue weighted by Gasteiger charge is -2.26. The van der Waals surface area contributed by atoms with Crippen LogP contribution >= 0.6 is 11.3 Å². The number of aliphatic imine (C=N–C) groups is 1. The van der Waals surface area contributed by atoms with E-state index in [0.29, 0.717) is 5.56 Å². The topological polar surface area (TPSA) is 82.5 Å². The number of nitrogens with two attached hydrogens (primary N) is 1. The number of amides is 1. The van der Waals surface area contributed by atoms with Gasteiger partial charge in [0.05, 0.1) is 24.1 Å². The first-order chi connectivity index (χ1) is 13.0. The van der Waals surface area contributed by atoms with E-state index >= 15 is 0 Å². The van der Waals surface area contributed by atoms with E-state index in [1.165, 1.54) is 4.90 Å². The molecule has 3 aromatic rings. The minimum Gasteiger partial charge on any atom is -0.369 e. The van der Waals surface area contributed by atoms with Crippen molar-refractivity contribution in [2.75, 3.05) is 7.05 Å². The first-order valence-corrected chi connectivity index (χ1v) is 9.26. The van der Waals surface area contributed by atoms with Crippen molar-refractivity contribution in [3.05, 3.63) is 47.0 Å². The fourth-order valence-corrected chi connectivity index (χ4v) is 4.44. The number of carbonyl (C=O) groups is 1. The molecule has 0 aliphatic carbocycles. The molecule has 27 heavy (non-hydrogen) atoms. The number of nitriles is 1. The molecule has 1 amide bonds. The Hall–Kier alpha value is -3.35. The summed E-state index contributed by atoms with van der Waals surface area (Å²) in [5.41, 5.74) is 8.10. The van der Waals surface area contributed by atoms with Gasteiger partial charge in [-0.05, 0) is 42.8 Å². The fraction of sp³-hybridized carbons (Fsp3) is 0.190. The zero-order chi connectivity index (χ0) is 19.1. The third-order valence-electron chi connectivity index (χ3n) is 4.76. The molecule has 0 saturated carbocycles. The number of hydrogen-bond donors (Lipinski definition) is 1. The van der Waals surface area contributed by atoms with Crippen LogP contribution in [0.25, 0.3) is 20.2 Å². The highest BCUT2D eigenvalue weighted by molar-refractivity contribution is 7.25. The van der Waals surface area contributed by atoms with Gasteiger partial charge in [-0.1, -0.05) is 5.92 Å². The van der Waals surface area contributed by atoms with E-state index in [4.69, 9.17) is 5.73 Å². The zero-order valence-electron chi connectivity index (χ0n) is 14.9.